The molecule has 2 aromatic carbocycles. The quantitative estimate of drug-likeness (QED) is 0.300. The first-order chi connectivity index (χ1) is 20.2. The van der Waals surface area contributed by atoms with Gasteiger partial charge in [0, 0.05) is 26.2 Å². The van der Waals surface area contributed by atoms with Crippen molar-refractivity contribution in [2.75, 3.05) is 19.6 Å². The summed E-state index contributed by atoms with van der Waals surface area (Å²) in [5.41, 5.74) is 1.52. The second-order valence-electron chi connectivity index (χ2n) is 11.6. The minimum atomic E-state index is -0.966. The minimum Gasteiger partial charge on any atom is -0.489 e. The van der Waals surface area contributed by atoms with Gasteiger partial charge in [0.25, 0.3) is 0 Å². The van der Waals surface area contributed by atoms with Crippen LogP contribution in [0, 0.1) is 5.92 Å². The zero-order valence-electron chi connectivity index (χ0n) is 25.5. The zero-order valence-corrected chi connectivity index (χ0v) is 26.3. The van der Waals surface area contributed by atoms with E-state index in [0.717, 1.165) is 43.4 Å². The monoisotopic (exact) mass is 615 g/mol. The molecule has 43 heavy (non-hydrogen) atoms. The summed E-state index contributed by atoms with van der Waals surface area (Å²) < 4.78 is 5.80. The summed E-state index contributed by atoms with van der Waals surface area (Å²) >= 11 is 0. The number of nitrogens with zero attached hydrogens (tertiary/aromatic N) is 2. The number of piperidine rings is 1. The van der Waals surface area contributed by atoms with Crippen LogP contribution in [0.25, 0.3) is 0 Å². The van der Waals surface area contributed by atoms with Gasteiger partial charge < -0.3 is 25.2 Å². The number of aromatic carboxylic acids is 1. The molecule has 0 aromatic heterocycles. The van der Waals surface area contributed by atoms with Crippen LogP contribution in [0.15, 0.2) is 48.5 Å². The van der Waals surface area contributed by atoms with E-state index in [1.54, 1.807) is 17.0 Å². The molecule has 10 heteroatoms. The first kappa shape index (κ1) is 34.4. The molecule has 1 spiro atoms. The Morgan fingerprint density at radius 1 is 1.00 bits per heavy atom. The van der Waals surface area contributed by atoms with Crippen molar-refractivity contribution >= 4 is 30.2 Å². The van der Waals surface area contributed by atoms with E-state index in [0.29, 0.717) is 44.8 Å². The van der Waals surface area contributed by atoms with Crippen LogP contribution in [0.4, 0.5) is 0 Å². The number of amides is 2. The van der Waals surface area contributed by atoms with Crippen molar-refractivity contribution in [3.63, 3.8) is 0 Å². The van der Waals surface area contributed by atoms with Crippen LogP contribution in [-0.4, -0.2) is 75.1 Å². The number of hydrogen-bond acceptors (Lipinski definition) is 6. The summed E-state index contributed by atoms with van der Waals surface area (Å²) in [6, 6.07) is 13.7. The topological polar surface area (TPSA) is 119 Å². The minimum absolute atomic E-state index is 0. The van der Waals surface area contributed by atoms with Crippen molar-refractivity contribution in [2.24, 2.45) is 5.92 Å². The fourth-order valence-electron chi connectivity index (χ4n) is 6.19. The fourth-order valence-corrected chi connectivity index (χ4v) is 6.19. The highest BCUT2D eigenvalue weighted by Crippen LogP contribution is 2.35. The average Bonchev–Trinajstić information content (AvgIpc) is 3.00. The molecule has 2 amide bonds. The Kier molecular flexibility index (Phi) is 12.4. The van der Waals surface area contributed by atoms with E-state index in [4.69, 9.17) is 9.84 Å². The Labute approximate surface area is 261 Å². The number of carboxylic acids is 1. The molecule has 0 saturated carbocycles. The van der Waals surface area contributed by atoms with Crippen LogP contribution < -0.4 is 10.1 Å². The lowest BCUT2D eigenvalue weighted by atomic mass is 9.79. The number of ether oxygens (including phenoxy) is 1. The molecule has 9 nitrogen and oxygen atoms in total. The number of piperazine rings is 1. The lowest BCUT2D eigenvalue weighted by molar-refractivity contribution is -0.165. The van der Waals surface area contributed by atoms with Gasteiger partial charge in [-0.2, -0.15) is 0 Å². The molecule has 2 aliphatic heterocycles. The lowest BCUT2D eigenvalue weighted by Gasteiger charge is -2.52. The van der Waals surface area contributed by atoms with E-state index in [-0.39, 0.29) is 35.7 Å². The lowest BCUT2D eigenvalue weighted by Crippen LogP contribution is -2.75. The number of aliphatic hydroxyl groups excluding tert-OH is 1. The number of aliphatic hydroxyl groups is 1. The van der Waals surface area contributed by atoms with Gasteiger partial charge in [0.05, 0.1) is 11.7 Å². The van der Waals surface area contributed by atoms with Crippen molar-refractivity contribution in [1.82, 2.24) is 15.1 Å². The third-order valence-electron chi connectivity index (χ3n) is 8.99. The van der Waals surface area contributed by atoms with Gasteiger partial charge in [-0.1, -0.05) is 64.3 Å². The van der Waals surface area contributed by atoms with Crippen molar-refractivity contribution in [3.8, 4) is 5.75 Å². The summed E-state index contributed by atoms with van der Waals surface area (Å²) in [6.07, 6.45) is 3.49. The van der Waals surface area contributed by atoms with Crippen LogP contribution >= 0.6 is 12.4 Å². The molecule has 236 valence electrons. The summed E-state index contributed by atoms with van der Waals surface area (Å²) in [4.78, 5) is 42.5. The van der Waals surface area contributed by atoms with Gasteiger partial charge in [-0.05, 0) is 60.6 Å². The predicted molar refractivity (Wildman–Crippen MR) is 167 cm³/mol. The number of benzene rings is 2. The van der Waals surface area contributed by atoms with Crippen LogP contribution in [0.3, 0.4) is 0 Å². The molecule has 2 aromatic rings. The number of carboxylic acid groups (broad SMARTS) is 1. The largest absolute Gasteiger partial charge is 0.489 e. The van der Waals surface area contributed by atoms with Crippen molar-refractivity contribution in [1.29, 1.82) is 0 Å². The Morgan fingerprint density at radius 2 is 1.60 bits per heavy atom. The molecule has 2 aliphatic rings. The average molecular weight is 616 g/mol. The highest BCUT2D eigenvalue weighted by Gasteiger charge is 2.55. The Balaban J connectivity index is 0.00000506. The molecule has 0 unspecified atom stereocenters. The van der Waals surface area contributed by atoms with Gasteiger partial charge in [0.15, 0.2) is 0 Å². The molecule has 2 heterocycles. The number of likely N-dealkylation sites (tertiary alicyclic amines) is 1. The molecule has 0 bridgehead atoms. The normalized spacial score (nSPS) is 19.2. The molecule has 3 N–H and O–H groups in total. The number of halogens is 1. The van der Waals surface area contributed by atoms with E-state index < -0.39 is 23.7 Å². The number of carbonyl (C=O) groups is 3. The van der Waals surface area contributed by atoms with Gasteiger partial charge >= 0.3 is 5.97 Å². The van der Waals surface area contributed by atoms with Gasteiger partial charge in [0.1, 0.15) is 23.9 Å². The maximum atomic E-state index is 13.7. The molecule has 2 fully saturated rings. The summed E-state index contributed by atoms with van der Waals surface area (Å²) in [5.74, 6) is -0.667. The van der Waals surface area contributed by atoms with Crippen LogP contribution in [0.1, 0.15) is 80.8 Å². The zero-order chi connectivity index (χ0) is 30.3. The maximum absolute atomic E-state index is 13.7. The van der Waals surface area contributed by atoms with Gasteiger partial charge in [-0.15, -0.1) is 12.4 Å². The highest BCUT2D eigenvalue weighted by molar-refractivity contribution is 6.00. The Morgan fingerprint density at radius 3 is 2.16 bits per heavy atom. The number of carbonyl (C=O) groups excluding carboxylic acids is 2. The van der Waals surface area contributed by atoms with Crippen molar-refractivity contribution < 1.29 is 29.3 Å². The van der Waals surface area contributed by atoms with Crippen LogP contribution in [0.5, 0.6) is 5.75 Å². The standard InChI is InChI=1S/C33H45N3O6.ClH/c1-4-7-18-36-30(38)28(29(37)25(5-2)6-3)34-32(41)33(36)16-19-35(20-17-33)21-23-8-10-24(11-9-23)22-42-27-14-12-26(13-15-27)31(39)40;/h8-15,25,28-29,37H,4-7,16-22H2,1-3H3,(H,34,41)(H,39,40);1H/t28-,29-;/m1./s1. The van der Waals surface area contributed by atoms with Crippen molar-refractivity contribution in [2.45, 2.75) is 90.1 Å². The third-order valence-corrected chi connectivity index (χ3v) is 8.99. The summed E-state index contributed by atoms with van der Waals surface area (Å²) in [5, 5.41) is 23.0. The molecule has 2 saturated heterocycles. The summed E-state index contributed by atoms with van der Waals surface area (Å²) in [7, 11) is 0. The van der Waals surface area contributed by atoms with Crippen LogP contribution in [0.2, 0.25) is 0 Å². The van der Waals surface area contributed by atoms with Crippen molar-refractivity contribution in [3.05, 3.63) is 65.2 Å². The van der Waals surface area contributed by atoms with Gasteiger partial charge in [-0.3, -0.25) is 14.5 Å². The molecular weight excluding hydrogens is 570 g/mol. The SMILES string of the molecule is CCCCN1C(=O)[C@@H]([C@H](O)C(CC)CC)NC(=O)C12CCN(Cc1ccc(COc3ccc(C(=O)O)cc3)cc1)CC2.Cl. The third kappa shape index (κ3) is 7.88. The van der Waals surface area contributed by atoms with E-state index in [1.807, 2.05) is 26.0 Å². The highest BCUT2D eigenvalue weighted by atomic mass is 35.5. The van der Waals surface area contributed by atoms with E-state index in [2.05, 4.69) is 29.3 Å². The smallest absolute Gasteiger partial charge is 0.335 e. The molecule has 0 aliphatic carbocycles. The Hall–Kier alpha value is -3.14. The molecule has 0 radical (unpaired) electrons. The molecule has 2 atom stereocenters. The fraction of sp³-hybridized carbons (Fsp3) is 0.545. The van der Waals surface area contributed by atoms with E-state index >= 15 is 0 Å². The maximum Gasteiger partial charge on any atom is 0.335 e. The van der Waals surface area contributed by atoms with Crippen LogP contribution in [-0.2, 0) is 22.7 Å². The Bertz CT molecular complexity index is 1210. The molecule has 4 rings (SSSR count). The van der Waals surface area contributed by atoms with E-state index in [9.17, 15) is 19.5 Å². The second-order valence-corrected chi connectivity index (χ2v) is 11.6. The number of rotatable bonds is 13. The van der Waals surface area contributed by atoms with E-state index in [1.165, 1.54) is 12.1 Å². The predicted octanol–water partition coefficient (Wildman–Crippen LogP) is 4.64. The van der Waals surface area contributed by atoms with Gasteiger partial charge in [0.2, 0.25) is 11.8 Å². The number of unbranched alkanes of at least 4 members (excludes halogenated alkanes) is 1. The second kappa shape index (κ2) is 15.5. The first-order valence-electron chi connectivity index (χ1n) is 15.3. The number of hydrogen-bond donors (Lipinski definition) is 3. The first-order valence-corrected chi connectivity index (χ1v) is 15.3. The molecular formula is C33H46ClN3O6. The van der Waals surface area contributed by atoms with Gasteiger partial charge in [-0.25, -0.2) is 4.79 Å². The number of nitrogens with one attached hydrogen (secondary N) is 1. The summed E-state index contributed by atoms with van der Waals surface area (Å²) in [6.45, 7) is 9.13.